The second-order valence-corrected chi connectivity index (χ2v) is 4.59. The number of nitrogens with zero attached hydrogens (tertiary/aromatic N) is 1. The molecule has 0 spiro atoms. The lowest BCUT2D eigenvalue weighted by atomic mass is 10.1. The van der Waals surface area contributed by atoms with Crippen LogP contribution in [0.3, 0.4) is 0 Å². The molecule has 96 valence electrons. The summed E-state index contributed by atoms with van der Waals surface area (Å²) >= 11 is 0. The van der Waals surface area contributed by atoms with Gasteiger partial charge in [-0.15, -0.1) is 0 Å². The maximum absolute atomic E-state index is 10.3. The number of carbonyl (C=O) groups is 1. The van der Waals surface area contributed by atoms with Crippen LogP contribution in [0, 0.1) is 6.92 Å². The smallest absolute Gasteiger partial charge is 0.303 e. The number of aliphatic carboxylic acids is 1. The number of unbranched alkanes of at least 4 members (excludes halogenated alkanes) is 4. The topological polar surface area (TPSA) is 57.0 Å². The fourth-order valence-corrected chi connectivity index (χ4v) is 1.95. The highest BCUT2D eigenvalue weighted by atomic mass is 16.4. The van der Waals surface area contributed by atoms with E-state index in [1.807, 2.05) is 0 Å². The number of rotatable bonds is 8. The van der Waals surface area contributed by atoms with E-state index in [9.17, 15) is 4.79 Å². The van der Waals surface area contributed by atoms with Gasteiger partial charge in [-0.2, -0.15) is 0 Å². The van der Waals surface area contributed by atoms with Crippen molar-refractivity contribution in [3.63, 3.8) is 0 Å². The molecule has 1 aromatic heterocycles. The predicted octanol–water partition coefficient (Wildman–Crippen LogP) is 2.12. The van der Waals surface area contributed by atoms with Crippen LogP contribution in [0.2, 0.25) is 0 Å². The zero-order chi connectivity index (χ0) is 12.7. The zero-order valence-electron chi connectivity index (χ0n) is 10.8. The van der Waals surface area contributed by atoms with Gasteiger partial charge >= 0.3 is 5.97 Å². The van der Waals surface area contributed by atoms with Gasteiger partial charge in [0.2, 0.25) is 0 Å². The molecule has 0 aliphatic heterocycles. The Hall–Kier alpha value is -1.32. The summed E-state index contributed by atoms with van der Waals surface area (Å²) in [5, 5.41) is 8.49. The van der Waals surface area contributed by atoms with Gasteiger partial charge in [0.1, 0.15) is 11.9 Å². The molecule has 2 N–H and O–H groups in total. The third kappa shape index (κ3) is 5.02. The normalized spacial score (nSPS) is 10.7. The Morgan fingerprint density at radius 3 is 2.53 bits per heavy atom. The molecular weight excluding hydrogens is 216 g/mol. The molecule has 0 bridgehead atoms. The highest BCUT2D eigenvalue weighted by Crippen LogP contribution is 2.08. The van der Waals surface area contributed by atoms with Crippen molar-refractivity contribution < 1.29 is 14.5 Å². The molecule has 0 aliphatic rings. The number of aromatic amines is 1. The largest absolute Gasteiger partial charge is 0.481 e. The van der Waals surface area contributed by atoms with Gasteiger partial charge in [-0.05, 0) is 12.8 Å². The summed E-state index contributed by atoms with van der Waals surface area (Å²) in [4.78, 5) is 13.5. The number of imidazole rings is 1. The number of aryl methyl sites for hydroxylation is 2. The average molecular weight is 239 g/mol. The number of hydrogen-bond donors (Lipinski definition) is 2. The van der Waals surface area contributed by atoms with Crippen molar-refractivity contribution >= 4 is 5.97 Å². The quantitative estimate of drug-likeness (QED) is 0.539. The second-order valence-electron chi connectivity index (χ2n) is 4.59. The van der Waals surface area contributed by atoms with E-state index in [0.29, 0.717) is 6.42 Å². The van der Waals surface area contributed by atoms with Crippen molar-refractivity contribution in [2.24, 2.45) is 7.05 Å². The van der Waals surface area contributed by atoms with E-state index in [4.69, 9.17) is 5.11 Å². The van der Waals surface area contributed by atoms with E-state index < -0.39 is 5.97 Å². The summed E-state index contributed by atoms with van der Waals surface area (Å²) in [6, 6.07) is 0. The second kappa shape index (κ2) is 7.09. The summed E-state index contributed by atoms with van der Waals surface area (Å²) in [6.07, 6.45) is 8.82. The van der Waals surface area contributed by atoms with Crippen LogP contribution in [-0.2, 0) is 18.3 Å². The highest BCUT2D eigenvalue weighted by Gasteiger charge is 2.08. The first-order chi connectivity index (χ1) is 8.11. The number of carboxylic acid groups (broad SMARTS) is 1. The molecule has 0 saturated heterocycles. The summed E-state index contributed by atoms with van der Waals surface area (Å²) in [7, 11) is 2.08. The first-order valence-corrected chi connectivity index (χ1v) is 6.36. The molecule has 0 atom stereocenters. The lowest BCUT2D eigenvalue weighted by Gasteiger charge is -1.99. The summed E-state index contributed by atoms with van der Waals surface area (Å²) in [5.74, 6) is 0.501. The molecule has 0 unspecified atom stereocenters. The average Bonchev–Trinajstić information content (AvgIpc) is 2.59. The van der Waals surface area contributed by atoms with Gasteiger partial charge in [0.15, 0.2) is 0 Å². The molecule has 0 aromatic carbocycles. The van der Waals surface area contributed by atoms with E-state index in [0.717, 1.165) is 25.7 Å². The SMILES string of the molecule is Cc1[nH]cc(CCCCCCCC(=O)O)[n+]1C. The minimum atomic E-state index is -0.681. The van der Waals surface area contributed by atoms with Crippen LogP contribution in [0.25, 0.3) is 0 Å². The Bertz CT molecular complexity index is 358. The zero-order valence-corrected chi connectivity index (χ0v) is 10.8. The number of hydrogen-bond acceptors (Lipinski definition) is 1. The molecule has 0 aliphatic carbocycles. The van der Waals surface area contributed by atoms with Crippen LogP contribution in [0.1, 0.15) is 50.0 Å². The Labute approximate surface area is 103 Å². The molecular formula is C13H23N2O2+. The van der Waals surface area contributed by atoms with Gasteiger partial charge in [0.25, 0.3) is 5.82 Å². The Balaban J connectivity index is 2.05. The maximum atomic E-state index is 10.3. The van der Waals surface area contributed by atoms with Crippen LogP contribution in [-0.4, -0.2) is 16.1 Å². The van der Waals surface area contributed by atoms with Gasteiger partial charge in [0.05, 0.1) is 7.05 Å². The fourth-order valence-electron chi connectivity index (χ4n) is 1.95. The van der Waals surface area contributed by atoms with E-state index in [1.165, 1.54) is 24.4 Å². The van der Waals surface area contributed by atoms with Gasteiger partial charge in [-0.1, -0.05) is 19.3 Å². The molecule has 4 nitrogen and oxygen atoms in total. The molecule has 1 heterocycles. The van der Waals surface area contributed by atoms with Crippen LogP contribution < -0.4 is 4.57 Å². The summed E-state index contributed by atoms with van der Waals surface area (Å²) < 4.78 is 2.18. The Morgan fingerprint density at radius 1 is 1.29 bits per heavy atom. The van der Waals surface area contributed by atoms with Crippen LogP contribution in [0.4, 0.5) is 0 Å². The number of H-pyrrole nitrogens is 1. The number of nitrogens with one attached hydrogen (secondary N) is 1. The van der Waals surface area contributed by atoms with E-state index in [-0.39, 0.29) is 0 Å². The maximum Gasteiger partial charge on any atom is 0.303 e. The fraction of sp³-hybridized carbons (Fsp3) is 0.692. The molecule has 1 rings (SSSR count). The molecule has 0 radical (unpaired) electrons. The highest BCUT2D eigenvalue weighted by molar-refractivity contribution is 5.66. The van der Waals surface area contributed by atoms with Crippen LogP contribution in [0.5, 0.6) is 0 Å². The first kappa shape index (κ1) is 13.7. The predicted molar refractivity (Wildman–Crippen MR) is 65.7 cm³/mol. The van der Waals surface area contributed by atoms with Gasteiger partial charge in [-0.25, -0.2) is 9.55 Å². The molecule has 0 fully saturated rings. The number of carboxylic acids is 1. The molecule has 1 aromatic rings. The van der Waals surface area contributed by atoms with E-state index in [2.05, 4.69) is 29.7 Å². The van der Waals surface area contributed by atoms with Crippen molar-refractivity contribution in [2.75, 3.05) is 0 Å². The van der Waals surface area contributed by atoms with Gasteiger partial charge < -0.3 is 5.11 Å². The van der Waals surface area contributed by atoms with Crippen molar-refractivity contribution in [3.05, 3.63) is 17.7 Å². The molecule has 4 heteroatoms. The molecule has 0 saturated carbocycles. The number of aromatic nitrogens is 2. The van der Waals surface area contributed by atoms with Crippen molar-refractivity contribution in [1.29, 1.82) is 0 Å². The van der Waals surface area contributed by atoms with E-state index >= 15 is 0 Å². The monoisotopic (exact) mass is 239 g/mol. The standard InChI is InChI=1S/C13H22N2O2/c1-11-14-10-12(15(11)2)8-6-4-3-5-7-9-13(16)17/h10H,3-9H2,1-2H3,(H,16,17)/p+1. The molecule has 0 amide bonds. The lowest BCUT2D eigenvalue weighted by molar-refractivity contribution is -0.683. The van der Waals surface area contributed by atoms with Crippen LogP contribution >= 0.6 is 0 Å². The molecule has 17 heavy (non-hydrogen) atoms. The Kier molecular flexibility index (Phi) is 5.73. The third-order valence-electron chi connectivity index (χ3n) is 3.21. The Morgan fingerprint density at radius 2 is 1.94 bits per heavy atom. The van der Waals surface area contributed by atoms with Crippen molar-refractivity contribution in [3.8, 4) is 0 Å². The van der Waals surface area contributed by atoms with Crippen molar-refractivity contribution in [1.82, 2.24) is 4.98 Å². The van der Waals surface area contributed by atoms with E-state index in [1.54, 1.807) is 0 Å². The minimum absolute atomic E-state index is 0.311. The minimum Gasteiger partial charge on any atom is -0.481 e. The summed E-state index contributed by atoms with van der Waals surface area (Å²) in [5.41, 5.74) is 1.34. The first-order valence-electron chi connectivity index (χ1n) is 6.36. The summed E-state index contributed by atoms with van der Waals surface area (Å²) in [6.45, 7) is 2.06. The third-order valence-corrected chi connectivity index (χ3v) is 3.21. The van der Waals surface area contributed by atoms with Crippen molar-refractivity contribution in [2.45, 2.75) is 51.9 Å². The van der Waals surface area contributed by atoms with Gasteiger partial charge in [-0.3, -0.25) is 4.79 Å². The lowest BCUT2D eigenvalue weighted by Crippen LogP contribution is -2.33. The van der Waals surface area contributed by atoms with Crippen LogP contribution in [0.15, 0.2) is 6.20 Å². The van der Waals surface area contributed by atoms with Gasteiger partial charge in [0, 0.05) is 19.8 Å².